The molecule has 0 saturated carbocycles. The molecular weight excluding hydrogens is 326 g/mol. The van der Waals surface area contributed by atoms with Gasteiger partial charge in [-0.15, -0.1) is 0 Å². The molecule has 0 aliphatic heterocycles. The predicted molar refractivity (Wildman–Crippen MR) is 77.0 cm³/mol. The van der Waals surface area contributed by atoms with Gasteiger partial charge in [-0.25, -0.2) is 14.8 Å². The van der Waals surface area contributed by atoms with E-state index in [4.69, 9.17) is 9.84 Å². The minimum absolute atomic E-state index is 0.118. The third kappa shape index (κ3) is 3.45. The van der Waals surface area contributed by atoms with Crippen LogP contribution in [0.4, 0.5) is 5.82 Å². The standard InChI is InChI=1S/C13H12BrN3O3/c1-20-9-4-2-8(3-5-9)6-15-12-11(13(18)19)17-10(14)7-16-12/h2-5,7H,6H2,1H3,(H,15,16)(H,18,19). The summed E-state index contributed by atoms with van der Waals surface area (Å²) in [6.07, 6.45) is 1.45. The fourth-order valence-electron chi connectivity index (χ4n) is 1.58. The van der Waals surface area contributed by atoms with E-state index in [2.05, 4.69) is 31.2 Å². The second-order valence-corrected chi connectivity index (χ2v) is 4.71. The van der Waals surface area contributed by atoms with Crippen LogP contribution in [0, 0.1) is 0 Å². The molecule has 104 valence electrons. The third-order valence-electron chi connectivity index (χ3n) is 2.56. The van der Waals surface area contributed by atoms with Crippen LogP contribution < -0.4 is 10.1 Å². The molecule has 20 heavy (non-hydrogen) atoms. The lowest BCUT2D eigenvalue weighted by Gasteiger charge is -2.08. The quantitative estimate of drug-likeness (QED) is 0.872. The molecule has 1 aromatic carbocycles. The van der Waals surface area contributed by atoms with Crippen LogP contribution in [0.5, 0.6) is 5.75 Å². The van der Waals surface area contributed by atoms with Crippen molar-refractivity contribution in [3.8, 4) is 5.75 Å². The smallest absolute Gasteiger partial charge is 0.358 e. The first kappa shape index (κ1) is 14.3. The van der Waals surface area contributed by atoms with Crippen molar-refractivity contribution in [1.82, 2.24) is 9.97 Å². The van der Waals surface area contributed by atoms with Crippen molar-refractivity contribution in [3.63, 3.8) is 0 Å². The lowest BCUT2D eigenvalue weighted by molar-refractivity contribution is 0.0691. The summed E-state index contributed by atoms with van der Waals surface area (Å²) < 4.78 is 5.45. The molecule has 2 aromatic rings. The Labute approximate surface area is 124 Å². The molecule has 0 fully saturated rings. The maximum atomic E-state index is 11.1. The number of aromatic carboxylic acids is 1. The SMILES string of the molecule is COc1ccc(CNc2ncc(Br)nc2C(=O)O)cc1. The van der Waals surface area contributed by atoms with Crippen molar-refractivity contribution < 1.29 is 14.6 Å². The lowest BCUT2D eigenvalue weighted by atomic mass is 10.2. The van der Waals surface area contributed by atoms with Crippen LogP contribution in [0.2, 0.25) is 0 Å². The van der Waals surface area contributed by atoms with Crippen molar-refractivity contribution in [2.45, 2.75) is 6.54 Å². The summed E-state index contributed by atoms with van der Waals surface area (Å²) in [5.74, 6) is -0.129. The zero-order chi connectivity index (χ0) is 14.5. The largest absolute Gasteiger partial charge is 0.497 e. The molecule has 2 rings (SSSR count). The lowest BCUT2D eigenvalue weighted by Crippen LogP contribution is -2.10. The Morgan fingerprint density at radius 3 is 2.70 bits per heavy atom. The van der Waals surface area contributed by atoms with Gasteiger partial charge in [0.15, 0.2) is 11.5 Å². The Bertz CT molecular complexity index is 617. The highest BCUT2D eigenvalue weighted by Crippen LogP contribution is 2.16. The van der Waals surface area contributed by atoms with Crippen LogP contribution in [0.25, 0.3) is 0 Å². The van der Waals surface area contributed by atoms with Gasteiger partial charge in [-0.1, -0.05) is 12.1 Å². The molecule has 0 aliphatic rings. The van der Waals surface area contributed by atoms with E-state index in [-0.39, 0.29) is 11.5 Å². The fraction of sp³-hybridized carbons (Fsp3) is 0.154. The second kappa shape index (κ2) is 6.33. The van der Waals surface area contributed by atoms with E-state index in [9.17, 15) is 4.79 Å². The first-order valence-electron chi connectivity index (χ1n) is 5.73. The number of hydrogen-bond donors (Lipinski definition) is 2. The number of aromatic nitrogens is 2. The zero-order valence-electron chi connectivity index (χ0n) is 10.6. The highest BCUT2D eigenvalue weighted by Gasteiger charge is 2.13. The summed E-state index contributed by atoms with van der Waals surface area (Å²) in [5.41, 5.74) is 0.861. The van der Waals surface area contributed by atoms with Gasteiger partial charge in [0.1, 0.15) is 10.4 Å². The van der Waals surface area contributed by atoms with Gasteiger partial charge in [0.05, 0.1) is 13.3 Å². The minimum atomic E-state index is -1.13. The summed E-state index contributed by atoms with van der Waals surface area (Å²) in [6.45, 7) is 0.445. The number of halogens is 1. The van der Waals surface area contributed by atoms with E-state index in [1.165, 1.54) is 6.20 Å². The monoisotopic (exact) mass is 337 g/mol. The molecule has 6 nitrogen and oxygen atoms in total. The van der Waals surface area contributed by atoms with Gasteiger partial charge in [0.2, 0.25) is 0 Å². The van der Waals surface area contributed by atoms with E-state index >= 15 is 0 Å². The Kier molecular flexibility index (Phi) is 4.52. The number of nitrogens with zero attached hydrogens (tertiary/aromatic N) is 2. The number of carboxylic acids is 1. The number of methoxy groups -OCH3 is 1. The molecule has 0 bridgehead atoms. The van der Waals surface area contributed by atoms with Crippen molar-refractivity contribution in [1.29, 1.82) is 0 Å². The summed E-state index contributed by atoms with van der Waals surface area (Å²) in [6, 6.07) is 7.45. The van der Waals surface area contributed by atoms with Crippen LogP contribution in [0.15, 0.2) is 35.1 Å². The summed E-state index contributed by atoms with van der Waals surface area (Å²) in [5, 5.41) is 12.0. The van der Waals surface area contributed by atoms with Crippen LogP contribution in [0.3, 0.4) is 0 Å². The second-order valence-electron chi connectivity index (χ2n) is 3.90. The van der Waals surface area contributed by atoms with Gasteiger partial charge >= 0.3 is 5.97 Å². The van der Waals surface area contributed by atoms with Crippen molar-refractivity contribution >= 4 is 27.7 Å². The van der Waals surface area contributed by atoms with Gasteiger partial charge in [0, 0.05) is 6.54 Å². The highest BCUT2D eigenvalue weighted by molar-refractivity contribution is 9.10. The first-order valence-corrected chi connectivity index (χ1v) is 6.52. The Morgan fingerprint density at radius 2 is 2.10 bits per heavy atom. The highest BCUT2D eigenvalue weighted by atomic mass is 79.9. The molecule has 1 aromatic heterocycles. The predicted octanol–water partition coefficient (Wildman–Crippen LogP) is 2.56. The number of nitrogens with one attached hydrogen (secondary N) is 1. The van der Waals surface area contributed by atoms with Crippen molar-refractivity contribution in [2.75, 3.05) is 12.4 Å². The van der Waals surface area contributed by atoms with E-state index in [1.807, 2.05) is 24.3 Å². The molecule has 0 radical (unpaired) electrons. The average Bonchev–Trinajstić information content (AvgIpc) is 2.46. The summed E-state index contributed by atoms with van der Waals surface area (Å²) >= 11 is 3.10. The van der Waals surface area contributed by atoms with E-state index in [0.717, 1.165) is 11.3 Å². The topological polar surface area (TPSA) is 84.3 Å². The molecule has 7 heteroatoms. The number of rotatable bonds is 5. The van der Waals surface area contributed by atoms with Gasteiger partial charge < -0.3 is 15.2 Å². The first-order chi connectivity index (χ1) is 9.60. The fourth-order valence-corrected chi connectivity index (χ4v) is 1.85. The molecule has 0 aliphatic carbocycles. The van der Waals surface area contributed by atoms with E-state index < -0.39 is 5.97 Å². The van der Waals surface area contributed by atoms with E-state index in [0.29, 0.717) is 11.1 Å². The summed E-state index contributed by atoms with van der Waals surface area (Å²) in [4.78, 5) is 19.0. The normalized spacial score (nSPS) is 10.1. The molecular formula is C13H12BrN3O3. The number of anilines is 1. The maximum Gasteiger partial charge on any atom is 0.358 e. The van der Waals surface area contributed by atoms with Crippen LogP contribution in [0.1, 0.15) is 16.1 Å². The molecule has 0 unspecified atom stereocenters. The molecule has 1 heterocycles. The molecule has 0 atom stereocenters. The van der Waals surface area contributed by atoms with Gasteiger partial charge in [0.25, 0.3) is 0 Å². The van der Waals surface area contributed by atoms with Crippen LogP contribution in [-0.4, -0.2) is 28.2 Å². The molecule has 0 spiro atoms. The maximum absolute atomic E-state index is 11.1. The van der Waals surface area contributed by atoms with Crippen LogP contribution >= 0.6 is 15.9 Å². The number of benzene rings is 1. The molecule has 0 amide bonds. The Morgan fingerprint density at radius 1 is 1.40 bits per heavy atom. The number of ether oxygens (including phenoxy) is 1. The average molecular weight is 338 g/mol. The summed E-state index contributed by atoms with van der Waals surface area (Å²) in [7, 11) is 1.60. The number of carbonyl (C=O) groups is 1. The van der Waals surface area contributed by atoms with Gasteiger partial charge in [-0.3, -0.25) is 0 Å². The van der Waals surface area contributed by atoms with Gasteiger partial charge in [-0.05, 0) is 33.6 Å². The minimum Gasteiger partial charge on any atom is -0.497 e. The number of hydrogen-bond acceptors (Lipinski definition) is 5. The van der Waals surface area contributed by atoms with E-state index in [1.54, 1.807) is 7.11 Å². The van der Waals surface area contributed by atoms with Crippen molar-refractivity contribution in [2.24, 2.45) is 0 Å². The Balaban J connectivity index is 2.12. The molecule has 0 saturated heterocycles. The third-order valence-corrected chi connectivity index (χ3v) is 2.95. The Hall–Kier alpha value is -2.15. The zero-order valence-corrected chi connectivity index (χ0v) is 12.2. The number of carboxylic acid groups (broad SMARTS) is 1. The van der Waals surface area contributed by atoms with Crippen LogP contribution in [-0.2, 0) is 6.54 Å². The molecule has 2 N–H and O–H groups in total. The van der Waals surface area contributed by atoms with Crippen molar-refractivity contribution in [3.05, 3.63) is 46.3 Å². The van der Waals surface area contributed by atoms with Gasteiger partial charge in [-0.2, -0.15) is 0 Å².